The van der Waals surface area contributed by atoms with Gasteiger partial charge in [0.05, 0.1) is 36.5 Å². The summed E-state index contributed by atoms with van der Waals surface area (Å²) < 4.78 is 13.2. The number of imidazole rings is 1. The van der Waals surface area contributed by atoms with Crippen molar-refractivity contribution < 1.29 is 9.47 Å². The lowest BCUT2D eigenvalue weighted by atomic mass is 10.1. The third-order valence-corrected chi connectivity index (χ3v) is 4.81. The molecule has 3 rings (SSSR count). The third-order valence-electron chi connectivity index (χ3n) is 4.01. The van der Waals surface area contributed by atoms with E-state index in [0.29, 0.717) is 11.5 Å². The molecule has 0 fully saturated rings. The van der Waals surface area contributed by atoms with E-state index >= 15 is 0 Å². The predicted octanol–water partition coefficient (Wildman–Crippen LogP) is 4.25. The van der Waals surface area contributed by atoms with Crippen LogP contribution in [0.5, 0.6) is 11.5 Å². The van der Waals surface area contributed by atoms with Gasteiger partial charge in [-0.1, -0.05) is 0 Å². The van der Waals surface area contributed by atoms with Gasteiger partial charge in [-0.15, -0.1) is 11.3 Å². The fourth-order valence-corrected chi connectivity index (χ4v) is 3.52. The van der Waals surface area contributed by atoms with Crippen LogP contribution in [0.4, 0.5) is 0 Å². The van der Waals surface area contributed by atoms with Gasteiger partial charge in [-0.3, -0.25) is 0 Å². The SMILES string of the molecule is COc1cc(C)cc(-c2nccn2C(C)c2csc(C)n2)c1OC. The Morgan fingerprint density at radius 2 is 1.96 bits per heavy atom. The van der Waals surface area contributed by atoms with E-state index in [1.807, 2.05) is 26.1 Å². The lowest BCUT2D eigenvalue weighted by molar-refractivity contribution is 0.355. The second kappa shape index (κ2) is 6.65. The number of thiazole rings is 1. The van der Waals surface area contributed by atoms with Gasteiger partial charge in [-0.05, 0) is 38.5 Å². The fraction of sp³-hybridized carbons (Fsp3) is 0.333. The summed E-state index contributed by atoms with van der Waals surface area (Å²) in [4.78, 5) is 9.18. The summed E-state index contributed by atoms with van der Waals surface area (Å²) in [6, 6.07) is 4.12. The molecular weight excluding hydrogens is 322 g/mol. The molecule has 0 bridgehead atoms. The van der Waals surface area contributed by atoms with Crippen LogP contribution >= 0.6 is 11.3 Å². The van der Waals surface area contributed by atoms with Crippen LogP contribution in [0.3, 0.4) is 0 Å². The van der Waals surface area contributed by atoms with E-state index < -0.39 is 0 Å². The Hall–Kier alpha value is -2.34. The molecule has 0 saturated carbocycles. The van der Waals surface area contributed by atoms with Gasteiger partial charge in [0.2, 0.25) is 0 Å². The summed E-state index contributed by atoms with van der Waals surface area (Å²) >= 11 is 1.66. The van der Waals surface area contributed by atoms with Crippen molar-refractivity contribution in [2.45, 2.75) is 26.8 Å². The molecule has 1 aromatic carbocycles. The number of benzene rings is 1. The molecule has 0 aliphatic rings. The molecule has 24 heavy (non-hydrogen) atoms. The van der Waals surface area contributed by atoms with E-state index in [1.54, 1.807) is 31.8 Å². The monoisotopic (exact) mass is 343 g/mol. The predicted molar refractivity (Wildman–Crippen MR) is 96.2 cm³/mol. The highest BCUT2D eigenvalue weighted by atomic mass is 32.1. The molecule has 0 aliphatic carbocycles. The standard InChI is InChI=1S/C18H21N3O2S/c1-11-8-14(17(23-5)16(9-11)22-4)18-19-6-7-21(18)12(2)15-10-24-13(3)20-15/h6-10,12H,1-5H3. The van der Waals surface area contributed by atoms with E-state index in [0.717, 1.165) is 27.7 Å². The van der Waals surface area contributed by atoms with E-state index in [2.05, 4.69) is 32.9 Å². The Kier molecular flexibility index (Phi) is 4.57. The van der Waals surface area contributed by atoms with Crippen LogP contribution in [0.15, 0.2) is 29.9 Å². The van der Waals surface area contributed by atoms with Gasteiger partial charge in [0.15, 0.2) is 11.5 Å². The van der Waals surface area contributed by atoms with Crippen molar-refractivity contribution in [1.29, 1.82) is 0 Å². The zero-order chi connectivity index (χ0) is 17.3. The summed E-state index contributed by atoms with van der Waals surface area (Å²) in [5, 5.41) is 3.16. The van der Waals surface area contributed by atoms with Crippen LogP contribution in [0.25, 0.3) is 11.4 Å². The van der Waals surface area contributed by atoms with Crippen LogP contribution in [0.1, 0.15) is 29.2 Å². The average molecular weight is 343 g/mol. The minimum absolute atomic E-state index is 0.0867. The number of rotatable bonds is 5. The highest BCUT2D eigenvalue weighted by Crippen LogP contribution is 2.39. The van der Waals surface area contributed by atoms with Gasteiger partial charge in [0.1, 0.15) is 5.82 Å². The van der Waals surface area contributed by atoms with Gasteiger partial charge in [-0.25, -0.2) is 9.97 Å². The van der Waals surface area contributed by atoms with Crippen molar-refractivity contribution in [3.8, 4) is 22.9 Å². The highest BCUT2D eigenvalue weighted by molar-refractivity contribution is 7.09. The summed E-state index contributed by atoms with van der Waals surface area (Å²) in [7, 11) is 3.30. The summed E-state index contributed by atoms with van der Waals surface area (Å²) in [6.45, 7) is 6.18. The minimum Gasteiger partial charge on any atom is -0.493 e. The molecular formula is C18H21N3O2S. The van der Waals surface area contributed by atoms with E-state index in [1.165, 1.54) is 0 Å². The van der Waals surface area contributed by atoms with E-state index in [-0.39, 0.29) is 6.04 Å². The lowest BCUT2D eigenvalue weighted by Crippen LogP contribution is -2.09. The molecule has 0 N–H and O–H groups in total. The van der Waals surface area contributed by atoms with E-state index in [4.69, 9.17) is 9.47 Å². The lowest BCUT2D eigenvalue weighted by Gasteiger charge is -2.18. The van der Waals surface area contributed by atoms with Gasteiger partial charge < -0.3 is 14.0 Å². The van der Waals surface area contributed by atoms with Crippen LogP contribution in [-0.2, 0) is 0 Å². The molecule has 6 heteroatoms. The molecule has 0 spiro atoms. The first-order valence-corrected chi connectivity index (χ1v) is 8.61. The number of ether oxygens (including phenoxy) is 2. The first-order chi connectivity index (χ1) is 11.5. The van der Waals surface area contributed by atoms with Crippen LogP contribution in [-0.4, -0.2) is 28.8 Å². The number of aryl methyl sites for hydroxylation is 2. The number of aromatic nitrogens is 3. The smallest absolute Gasteiger partial charge is 0.171 e. The van der Waals surface area contributed by atoms with Crippen molar-refractivity contribution >= 4 is 11.3 Å². The summed E-state index contributed by atoms with van der Waals surface area (Å²) in [5.41, 5.74) is 3.04. The Balaban J connectivity index is 2.12. The van der Waals surface area contributed by atoms with Crippen LogP contribution in [0.2, 0.25) is 0 Å². The Morgan fingerprint density at radius 3 is 2.58 bits per heavy atom. The molecule has 3 aromatic rings. The van der Waals surface area contributed by atoms with Crippen LogP contribution < -0.4 is 9.47 Å². The van der Waals surface area contributed by atoms with Crippen molar-refractivity contribution in [2.24, 2.45) is 0 Å². The van der Waals surface area contributed by atoms with Gasteiger partial charge in [-0.2, -0.15) is 0 Å². The number of nitrogens with zero attached hydrogens (tertiary/aromatic N) is 3. The Bertz CT molecular complexity index is 854. The maximum atomic E-state index is 5.60. The highest BCUT2D eigenvalue weighted by Gasteiger charge is 2.20. The largest absolute Gasteiger partial charge is 0.493 e. The van der Waals surface area contributed by atoms with Crippen LogP contribution in [0, 0.1) is 13.8 Å². The first kappa shape index (κ1) is 16.5. The second-order valence-electron chi connectivity index (χ2n) is 5.67. The summed E-state index contributed by atoms with van der Waals surface area (Å²) in [6.07, 6.45) is 3.78. The molecule has 0 saturated heterocycles. The van der Waals surface area contributed by atoms with Crippen molar-refractivity contribution in [3.05, 3.63) is 46.2 Å². The van der Waals surface area contributed by atoms with E-state index in [9.17, 15) is 0 Å². The van der Waals surface area contributed by atoms with Gasteiger partial charge in [0.25, 0.3) is 0 Å². The molecule has 1 unspecified atom stereocenters. The zero-order valence-electron chi connectivity index (χ0n) is 14.5. The van der Waals surface area contributed by atoms with Gasteiger partial charge in [0, 0.05) is 17.8 Å². The number of methoxy groups -OCH3 is 2. The molecule has 126 valence electrons. The number of hydrogen-bond donors (Lipinski definition) is 0. The minimum atomic E-state index is 0.0867. The van der Waals surface area contributed by atoms with Crippen molar-refractivity contribution in [2.75, 3.05) is 14.2 Å². The maximum Gasteiger partial charge on any atom is 0.171 e. The third kappa shape index (κ3) is 2.89. The van der Waals surface area contributed by atoms with Crippen molar-refractivity contribution in [1.82, 2.24) is 14.5 Å². The molecule has 2 heterocycles. The topological polar surface area (TPSA) is 49.2 Å². The van der Waals surface area contributed by atoms with Crippen molar-refractivity contribution in [3.63, 3.8) is 0 Å². The zero-order valence-corrected chi connectivity index (χ0v) is 15.3. The molecule has 0 aliphatic heterocycles. The number of hydrogen-bond acceptors (Lipinski definition) is 5. The molecule has 1 atom stereocenters. The average Bonchev–Trinajstić information content (AvgIpc) is 3.22. The second-order valence-corrected chi connectivity index (χ2v) is 6.74. The fourth-order valence-electron chi connectivity index (χ4n) is 2.82. The Labute approximate surface area is 145 Å². The summed E-state index contributed by atoms with van der Waals surface area (Å²) in [5.74, 6) is 2.24. The molecule has 0 radical (unpaired) electrons. The maximum absolute atomic E-state index is 5.60. The molecule has 2 aromatic heterocycles. The normalized spacial score (nSPS) is 12.2. The molecule has 0 amide bonds. The van der Waals surface area contributed by atoms with Gasteiger partial charge >= 0.3 is 0 Å². The quantitative estimate of drug-likeness (QED) is 0.695. The molecule has 5 nitrogen and oxygen atoms in total. The first-order valence-electron chi connectivity index (χ1n) is 7.73. The Morgan fingerprint density at radius 1 is 1.17 bits per heavy atom.